The van der Waals surface area contributed by atoms with Gasteiger partial charge in [0.05, 0.1) is 28.4 Å². The maximum Gasteiger partial charge on any atom is 0.347 e. The molecule has 13 nitrogen and oxygen atoms in total. The topological polar surface area (TPSA) is 137 Å². The maximum absolute atomic E-state index is 11.8. The molecule has 10 rings (SSSR count). The van der Waals surface area contributed by atoms with Crippen molar-refractivity contribution in [2.24, 2.45) is 0 Å². The van der Waals surface area contributed by atoms with Crippen LogP contribution in [0.1, 0.15) is 62.7 Å². The van der Waals surface area contributed by atoms with E-state index in [1.807, 2.05) is 18.2 Å². The highest BCUT2D eigenvalue weighted by molar-refractivity contribution is 5.94. The zero-order chi connectivity index (χ0) is 46.5. The second-order valence-electron chi connectivity index (χ2n) is 16.6. The number of phenolic OH excluding ortho intramolecular Hbond substituents is 1. The Kier molecular flexibility index (Phi) is 13.7. The summed E-state index contributed by atoms with van der Waals surface area (Å²) in [5, 5.41) is 12.2. The highest BCUT2D eigenvalue weighted by atomic mass is 16.6. The number of likely N-dealkylation sites (N-methyl/N-ethyl adjacent to an activating group) is 2. The number of aromatic hydroxyl groups is 1. The van der Waals surface area contributed by atoms with Crippen molar-refractivity contribution in [2.45, 2.75) is 44.7 Å². The summed E-state index contributed by atoms with van der Waals surface area (Å²) in [4.78, 5) is 27.5. The summed E-state index contributed by atoms with van der Waals surface area (Å²) in [6.45, 7) is 3.27. The highest BCUT2D eigenvalue weighted by Crippen LogP contribution is 2.52. The number of fused-ring (bicyclic) bond motifs is 2. The number of amides is 1. The Bertz CT molecular complexity index is 2720. The Hall–Kier alpha value is -7.22. The van der Waals surface area contributed by atoms with Gasteiger partial charge < -0.3 is 43.6 Å². The molecule has 0 spiro atoms. The molecule has 2 N–H and O–H groups in total. The molecule has 0 fully saturated rings. The van der Waals surface area contributed by atoms with Gasteiger partial charge in [0.25, 0.3) is 0 Å². The number of methoxy groups -OCH3 is 4. The molecule has 0 saturated heterocycles. The zero-order valence-electron chi connectivity index (χ0n) is 38.3. The van der Waals surface area contributed by atoms with Gasteiger partial charge in [0, 0.05) is 43.3 Å². The van der Waals surface area contributed by atoms with Gasteiger partial charge in [-0.1, -0.05) is 30.3 Å². The Labute approximate surface area is 385 Å². The fourth-order valence-electron chi connectivity index (χ4n) is 8.89. The SMILES string of the molecule is CC(=O)Nc1ccc(OC(=O)c2ccccc2O)cc1.COc1ccc2cc1Oc1ccc(cc1)CC1c3cc(c(OC)cc3CCN1C)Oc1c(OC)c(OC)cc3c1C(C2)N(C)CC3. The number of esters is 1. The van der Waals surface area contributed by atoms with Crippen molar-refractivity contribution < 1.29 is 47.9 Å². The molecule has 0 aliphatic carbocycles. The van der Waals surface area contributed by atoms with Gasteiger partial charge in [0.15, 0.2) is 34.5 Å². The number of para-hydroxylation sites is 1. The third kappa shape index (κ3) is 9.73. The van der Waals surface area contributed by atoms with E-state index in [-0.39, 0.29) is 29.3 Å². The average molecular weight is 894 g/mol. The first-order valence-corrected chi connectivity index (χ1v) is 21.8. The predicted octanol–water partition coefficient (Wildman–Crippen LogP) is 9.73. The van der Waals surface area contributed by atoms with E-state index in [9.17, 15) is 14.7 Å². The normalized spacial score (nSPS) is 16.3. The van der Waals surface area contributed by atoms with Gasteiger partial charge in [0.2, 0.25) is 11.7 Å². The molecule has 0 aromatic heterocycles. The van der Waals surface area contributed by atoms with Crippen LogP contribution in [0.15, 0.2) is 109 Å². The van der Waals surface area contributed by atoms with E-state index in [1.165, 1.54) is 41.3 Å². The Morgan fingerprint density at radius 2 is 1.30 bits per heavy atom. The van der Waals surface area contributed by atoms with Crippen molar-refractivity contribution in [3.05, 3.63) is 148 Å². The van der Waals surface area contributed by atoms with Crippen molar-refractivity contribution in [1.82, 2.24) is 9.80 Å². The predicted molar refractivity (Wildman–Crippen MR) is 251 cm³/mol. The summed E-state index contributed by atoms with van der Waals surface area (Å²) in [6.07, 6.45) is 3.37. The monoisotopic (exact) mass is 893 g/mol. The fraction of sp³-hybridized carbons (Fsp3) is 0.283. The lowest BCUT2D eigenvalue weighted by molar-refractivity contribution is -0.114. The van der Waals surface area contributed by atoms with Crippen LogP contribution in [-0.4, -0.2) is 82.4 Å². The standard InChI is InChI=1S/C38H42N2O6.C15H13NO4/c1-39-15-13-25-20-32(42-4)34-22-28(25)29(39)17-23-7-10-27(11-8-23)45-33-19-24(9-12-31(33)41-3)18-30-36-26(14-16-40(30)2)21-35(43-5)37(44-6)38(36)46-34;1-10(17)16-11-6-8-12(9-7-11)20-15(19)13-4-2-3-5-14(13)18/h7-12,19-22,29-30H,13-18H2,1-6H3;2-9,18H,1H3,(H,16,17). The summed E-state index contributed by atoms with van der Waals surface area (Å²) in [5.74, 6) is 4.78. The Balaban J connectivity index is 0.000000248. The maximum atomic E-state index is 11.8. The minimum atomic E-state index is -0.643. The summed E-state index contributed by atoms with van der Waals surface area (Å²) < 4.78 is 42.2. The van der Waals surface area contributed by atoms with Crippen molar-refractivity contribution in [1.29, 1.82) is 0 Å². The first-order valence-electron chi connectivity index (χ1n) is 21.8. The van der Waals surface area contributed by atoms with Crippen molar-refractivity contribution in [3.63, 3.8) is 0 Å². The van der Waals surface area contributed by atoms with Gasteiger partial charge in [-0.2, -0.15) is 0 Å². The van der Waals surface area contributed by atoms with Crippen LogP contribution < -0.4 is 38.5 Å². The minimum Gasteiger partial charge on any atom is -0.507 e. The molecular formula is C53H55N3O10. The van der Waals surface area contributed by atoms with Crippen LogP contribution in [0.25, 0.3) is 0 Å². The first kappa shape index (κ1) is 45.4. The average Bonchev–Trinajstić information content (AvgIpc) is 3.31. The number of carbonyl (C=O) groups is 2. The van der Waals surface area contributed by atoms with Crippen LogP contribution in [0.5, 0.6) is 57.5 Å². The van der Waals surface area contributed by atoms with E-state index in [0.717, 1.165) is 55.6 Å². The molecule has 0 saturated carbocycles. The number of nitrogens with one attached hydrogen (secondary N) is 1. The van der Waals surface area contributed by atoms with Gasteiger partial charge in [-0.25, -0.2) is 4.79 Å². The summed E-state index contributed by atoms with van der Waals surface area (Å²) in [6, 6.07) is 33.7. The van der Waals surface area contributed by atoms with Gasteiger partial charge in [-0.05, 0) is 146 Å². The van der Waals surface area contributed by atoms with Crippen molar-refractivity contribution in [2.75, 3.05) is 60.9 Å². The van der Waals surface area contributed by atoms with Crippen LogP contribution in [0.2, 0.25) is 0 Å². The van der Waals surface area contributed by atoms with E-state index in [4.69, 9.17) is 33.2 Å². The van der Waals surface area contributed by atoms with Crippen LogP contribution in [-0.2, 0) is 30.5 Å². The van der Waals surface area contributed by atoms with Gasteiger partial charge in [-0.3, -0.25) is 14.6 Å². The molecule has 6 bridgehead atoms. The zero-order valence-corrected chi connectivity index (χ0v) is 38.3. The Morgan fingerprint density at radius 3 is 1.98 bits per heavy atom. The molecule has 6 aromatic rings. The molecular weight excluding hydrogens is 839 g/mol. The van der Waals surface area contributed by atoms with Crippen LogP contribution in [0.4, 0.5) is 5.69 Å². The van der Waals surface area contributed by atoms with Crippen molar-refractivity contribution in [3.8, 4) is 57.5 Å². The number of hydrogen-bond acceptors (Lipinski definition) is 12. The molecule has 4 aliphatic heterocycles. The Morgan fingerprint density at radius 1 is 0.667 bits per heavy atom. The molecule has 0 radical (unpaired) electrons. The quantitative estimate of drug-likeness (QED) is 0.117. The van der Waals surface area contributed by atoms with Crippen LogP contribution in [0.3, 0.4) is 0 Å². The second-order valence-corrected chi connectivity index (χ2v) is 16.6. The molecule has 2 atom stereocenters. The lowest BCUT2D eigenvalue weighted by atomic mass is 9.87. The summed E-state index contributed by atoms with van der Waals surface area (Å²) >= 11 is 0. The smallest absolute Gasteiger partial charge is 0.347 e. The van der Waals surface area contributed by atoms with E-state index in [1.54, 1.807) is 64.8 Å². The molecule has 342 valence electrons. The van der Waals surface area contributed by atoms with Crippen LogP contribution >= 0.6 is 0 Å². The van der Waals surface area contributed by atoms with E-state index >= 15 is 0 Å². The molecule has 1 amide bonds. The molecule has 6 aromatic carbocycles. The highest BCUT2D eigenvalue weighted by Gasteiger charge is 2.35. The largest absolute Gasteiger partial charge is 0.507 e. The van der Waals surface area contributed by atoms with Gasteiger partial charge in [0.1, 0.15) is 22.8 Å². The third-order valence-corrected chi connectivity index (χ3v) is 12.4. The molecule has 4 aliphatic rings. The molecule has 4 heterocycles. The number of nitrogens with zero attached hydrogens (tertiary/aromatic N) is 2. The fourth-order valence-corrected chi connectivity index (χ4v) is 8.89. The lowest BCUT2D eigenvalue weighted by Crippen LogP contribution is -2.34. The number of carbonyl (C=O) groups excluding carboxylic acids is 2. The van der Waals surface area contributed by atoms with Crippen LogP contribution in [0, 0.1) is 0 Å². The number of ether oxygens (including phenoxy) is 7. The number of anilines is 1. The molecule has 13 heteroatoms. The second kappa shape index (κ2) is 19.9. The van der Waals surface area contributed by atoms with Gasteiger partial charge >= 0.3 is 5.97 Å². The molecule has 66 heavy (non-hydrogen) atoms. The third-order valence-electron chi connectivity index (χ3n) is 12.4. The number of rotatable bonds is 7. The lowest BCUT2D eigenvalue weighted by Gasteiger charge is -2.37. The summed E-state index contributed by atoms with van der Waals surface area (Å²) in [5.41, 5.74) is 7.86. The van der Waals surface area contributed by atoms with Gasteiger partial charge in [-0.15, -0.1) is 0 Å². The molecule has 2 unspecified atom stereocenters. The van der Waals surface area contributed by atoms with E-state index in [2.05, 4.69) is 71.7 Å². The minimum absolute atomic E-state index is 0.000437. The number of hydrogen-bond donors (Lipinski definition) is 2. The van der Waals surface area contributed by atoms with E-state index < -0.39 is 5.97 Å². The number of benzene rings is 6. The number of phenols is 1. The van der Waals surface area contributed by atoms with Crippen molar-refractivity contribution >= 4 is 17.6 Å². The van der Waals surface area contributed by atoms with E-state index in [0.29, 0.717) is 51.7 Å². The first-order chi connectivity index (χ1) is 32.0. The summed E-state index contributed by atoms with van der Waals surface area (Å²) in [7, 11) is 11.1.